The summed E-state index contributed by atoms with van der Waals surface area (Å²) in [7, 11) is 0. The first-order chi connectivity index (χ1) is 14.3. The van der Waals surface area contributed by atoms with Gasteiger partial charge in [0.05, 0.1) is 11.3 Å². The Hall–Kier alpha value is -3.80. The molecule has 0 bridgehead atoms. The predicted octanol–water partition coefficient (Wildman–Crippen LogP) is 4.98. The van der Waals surface area contributed by atoms with E-state index < -0.39 is 23.4 Å². The van der Waals surface area contributed by atoms with Gasteiger partial charge in [0.15, 0.2) is 11.6 Å². The summed E-state index contributed by atoms with van der Waals surface area (Å²) in [5.74, 6) is -3.10. The number of nitrogens with one attached hydrogen (secondary N) is 1. The van der Waals surface area contributed by atoms with Crippen LogP contribution in [0, 0.1) is 25.5 Å². The fourth-order valence-corrected chi connectivity index (χ4v) is 3.28. The zero-order chi connectivity index (χ0) is 21.4. The predicted molar refractivity (Wildman–Crippen MR) is 112 cm³/mol. The zero-order valence-corrected chi connectivity index (χ0v) is 16.4. The number of imide groups is 1. The highest BCUT2D eigenvalue weighted by Gasteiger charge is 2.40. The Morgan fingerprint density at radius 1 is 0.733 bits per heavy atom. The fourth-order valence-electron chi connectivity index (χ4n) is 3.28. The third kappa shape index (κ3) is 3.48. The lowest BCUT2D eigenvalue weighted by molar-refractivity contribution is -0.120. The van der Waals surface area contributed by atoms with Gasteiger partial charge in [-0.3, -0.25) is 9.59 Å². The van der Waals surface area contributed by atoms with Crippen LogP contribution in [0.15, 0.2) is 72.4 Å². The van der Waals surface area contributed by atoms with E-state index in [1.54, 1.807) is 24.3 Å². The number of amides is 2. The summed E-state index contributed by atoms with van der Waals surface area (Å²) < 4.78 is 27.0. The van der Waals surface area contributed by atoms with Crippen molar-refractivity contribution in [3.63, 3.8) is 0 Å². The Kier molecular flexibility index (Phi) is 4.91. The molecule has 2 amide bonds. The monoisotopic (exact) mass is 404 g/mol. The number of benzene rings is 3. The summed E-state index contributed by atoms with van der Waals surface area (Å²) in [5, 5.41) is 2.82. The van der Waals surface area contributed by atoms with Crippen molar-refractivity contribution in [1.29, 1.82) is 0 Å². The molecular formula is C24H18F2N2O2. The van der Waals surface area contributed by atoms with Gasteiger partial charge in [-0.2, -0.15) is 0 Å². The van der Waals surface area contributed by atoms with Crippen molar-refractivity contribution in [2.24, 2.45) is 0 Å². The van der Waals surface area contributed by atoms with E-state index in [9.17, 15) is 18.4 Å². The standard InChI is InChI=1S/C24H18F2N2O2/c1-14-3-7-16(8-4-14)21-22(27-17-9-12-19(25)20(26)13-17)24(30)28(23(21)29)18-10-5-15(2)6-11-18/h3-13,27H,1-2H3. The molecule has 6 heteroatoms. The molecule has 30 heavy (non-hydrogen) atoms. The summed E-state index contributed by atoms with van der Waals surface area (Å²) in [6.45, 7) is 3.82. The fraction of sp³-hybridized carbons (Fsp3) is 0.0833. The molecule has 1 heterocycles. The lowest BCUT2D eigenvalue weighted by Crippen LogP contribution is -2.32. The molecule has 0 atom stereocenters. The minimum atomic E-state index is -1.05. The van der Waals surface area contributed by atoms with Crippen LogP contribution in [0.25, 0.3) is 5.57 Å². The minimum Gasteiger partial charge on any atom is -0.350 e. The maximum atomic E-state index is 13.7. The summed E-state index contributed by atoms with van der Waals surface area (Å²) in [6.07, 6.45) is 0. The van der Waals surface area contributed by atoms with E-state index in [4.69, 9.17) is 0 Å². The highest BCUT2D eigenvalue weighted by Crippen LogP contribution is 2.34. The molecule has 3 aromatic carbocycles. The van der Waals surface area contributed by atoms with Gasteiger partial charge < -0.3 is 5.32 Å². The van der Waals surface area contributed by atoms with Gasteiger partial charge in [0, 0.05) is 11.8 Å². The zero-order valence-electron chi connectivity index (χ0n) is 16.4. The highest BCUT2D eigenvalue weighted by atomic mass is 19.2. The number of carbonyl (C=O) groups is 2. The molecule has 1 aliphatic rings. The number of hydrogen-bond acceptors (Lipinski definition) is 3. The van der Waals surface area contributed by atoms with Gasteiger partial charge in [-0.05, 0) is 43.7 Å². The molecule has 0 unspecified atom stereocenters. The third-order valence-corrected chi connectivity index (χ3v) is 4.91. The number of hydrogen-bond donors (Lipinski definition) is 1. The lowest BCUT2D eigenvalue weighted by Gasteiger charge is -2.15. The van der Waals surface area contributed by atoms with Crippen LogP contribution in [-0.4, -0.2) is 11.8 Å². The van der Waals surface area contributed by atoms with E-state index in [1.165, 1.54) is 6.07 Å². The number of rotatable bonds is 4. The highest BCUT2D eigenvalue weighted by molar-refractivity contribution is 6.46. The Morgan fingerprint density at radius 3 is 1.93 bits per heavy atom. The smallest absolute Gasteiger partial charge is 0.282 e. The van der Waals surface area contributed by atoms with E-state index in [2.05, 4.69) is 5.32 Å². The molecule has 4 rings (SSSR count). The number of nitrogens with zero attached hydrogens (tertiary/aromatic N) is 1. The normalized spacial score (nSPS) is 13.9. The van der Waals surface area contributed by atoms with Gasteiger partial charge in [0.2, 0.25) is 0 Å². The molecule has 4 nitrogen and oxygen atoms in total. The van der Waals surface area contributed by atoms with Crippen molar-refractivity contribution in [3.05, 3.63) is 101 Å². The molecule has 0 saturated carbocycles. The second kappa shape index (κ2) is 7.55. The summed E-state index contributed by atoms with van der Waals surface area (Å²) in [4.78, 5) is 27.6. The lowest BCUT2D eigenvalue weighted by atomic mass is 10.0. The first-order valence-corrected chi connectivity index (χ1v) is 9.34. The largest absolute Gasteiger partial charge is 0.350 e. The Morgan fingerprint density at radius 2 is 1.33 bits per heavy atom. The third-order valence-electron chi connectivity index (χ3n) is 4.91. The SMILES string of the molecule is Cc1ccc(C2=C(Nc3ccc(F)c(F)c3)C(=O)N(c3ccc(C)cc3)C2=O)cc1. The average Bonchev–Trinajstić information content (AvgIpc) is 2.96. The van der Waals surface area contributed by atoms with Crippen molar-refractivity contribution >= 4 is 28.8 Å². The van der Waals surface area contributed by atoms with E-state index in [0.29, 0.717) is 11.3 Å². The molecule has 1 N–H and O–H groups in total. The van der Waals surface area contributed by atoms with Crippen LogP contribution in [0.5, 0.6) is 0 Å². The van der Waals surface area contributed by atoms with Gasteiger partial charge in [-0.1, -0.05) is 47.5 Å². The van der Waals surface area contributed by atoms with Crippen LogP contribution >= 0.6 is 0 Å². The maximum Gasteiger partial charge on any atom is 0.282 e. The molecular weight excluding hydrogens is 386 g/mol. The van der Waals surface area contributed by atoms with Gasteiger partial charge in [0.25, 0.3) is 11.8 Å². The van der Waals surface area contributed by atoms with Crippen LogP contribution in [0.3, 0.4) is 0 Å². The van der Waals surface area contributed by atoms with Crippen molar-refractivity contribution in [2.75, 3.05) is 10.2 Å². The van der Waals surface area contributed by atoms with E-state index >= 15 is 0 Å². The number of carbonyl (C=O) groups excluding carboxylic acids is 2. The molecule has 1 aliphatic heterocycles. The maximum absolute atomic E-state index is 13.7. The molecule has 0 aromatic heterocycles. The molecule has 0 saturated heterocycles. The molecule has 0 spiro atoms. The topological polar surface area (TPSA) is 49.4 Å². The van der Waals surface area contributed by atoms with E-state index in [1.807, 2.05) is 38.1 Å². The van der Waals surface area contributed by atoms with Crippen LogP contribution in [0.1, 0.15) is 16.7 Å². The Bertz CT molecular complexity index is 1180. The van der Waals surface area contributed by atoms with Gasteiger partial charge in [0.1, 0.15) is 5.70 Å². The van der Waals surface area contributed by atoms with E-state index in [0.717, 1.165) is 28.2 Å². The number of aryl methyl sites for hydroxylation is 2. The van der Waals surface area contributed by atoms with Crippen LogP contribution in [-0.2, 0) is 9.59 Å². The first kappa shape index (κ1) is 19.5. The van der Waals surface area contributed by atoms with Crippen LogP contribution in [0.2, 0.25) is 0 Å². The van der Waals surface area contributed by atoms with E-state index in [-0.39, 0.29) is 17.0 Å². The van der Waals surface area contributed by atoms with Gasteiger partial charge >= 0.3 is 0 Å². The van der Waals surface area contributed by atoms with Gasteiger partial charge in [-0.25, -0.2) is 13.7 Å². The Balaban J connectivity index is 1.82. The Labute approximate surface area is 172 Å². The molecule has 3 aromatic rings. The minimum absolute atomic E-state index is 0.00966. The quantitative estimate of drug-likeness (QED) is 0.624. The summed E-state index contributed by atoms with van der Waals surface area (Å²) in [6, 6.07) is 17.4. The average molecular weight is 404 g/mol. The molecule has 0 radical (unpaired) electrons. The number of anilines is 2. The summed E-state index contributed by atoms with van der Waals surface area (Å²) in [5.41, 5.74) is 3.33. The van der Waals surface area contributed by atoms with Crippen molar-refractivity contribution in [2.45, 2.75) is 13.8 Å². The summed E-state index contributed by atoms with van der Waals surface area (Å²) >= 11 is 0. The van der Waals surface area contributed by atoms with Crippen LogP contribution in [0.4, 0.5) is 20.2 Å². The van der Waals surface area contributed by atoms with Crippen molar-refractivity contribution < 1.29 is 18.4 Å². The molecule has 150 valence electrons. The molecule has 0 aliphatic carbocycles. The number of halogens is 2. The first-order valence-electron chi connectivity index (χ1n) is 9.34. The van der Waals surface area contributed by atoms with Crippen molar-refractivity contribution in [1.82, 2.24) is 0 Å². The van der Waals surface area contributed by atoms with Crippen LogP contribution < -0.4 is 10.2 Å². The second-order valence-electron chi connectivity index (χ2n) is 7.15. The second-order valence-corrected chi connectivity index (χ2v) is 7.15. The van der Waals surface area contributed by atoms with Crippen molar-refractivity contribution in [3.8, 4) is 0 Å². The molecule has 0 fully saturated rings. The van der Waals surface area contributed by atoms with Gasteiger partial charge in [-0.15, -0.1) is 0 Å².